The Morgan fingerprint density at radius 2 is 1.74 bits per heavy atom. The molecule has 10 heteroatoms. The molecule has 0 spiro atoms. The molecule has 0 saturated carbocycles. The number of ether oxygens (including phenoxy) is 2. The average molecular weight is 359 g/mol. The van der Waals surface area contributed by atoms with E-state index in [4.69, 9.17) is 15.2 Å². The van der Waals surface area contributed by atoms with Crippen LogP contribution in [0.4, 0.5) is 17.6 Å². The van der Waals surface area contributed by atoms with Crippen molar-refractivity contribution in [3.05, 3.63) is 17.7 Å². The summed E-state index contributed by atoms with van der Waals surface area (Å²) in [7, 11) is 2.54. The molecule has 0 radical (unpaired) electrons. The Hall–Kier alpha value is -1.23. The van der Waals surface area contributed by atoms with Crippen molar-refractivity contribution in [3.8, 4) is 11.5 Å². The van der Waals surface area contributed by atoms with E-state index in [1.54, 1.807) is 0 Å². The summed E-state index contributed by atoms with van der Waals surface area (Å²) in [5.41, 5.74) is 5.35. The Morgan fingerprint density at radius 3 is 2.17 bits per heavy atom. The summed E-state index contributed by atoms with van der Waals surface area (Å²) < 4.78 is 60.5. The highest BCUT2D eigenvalue weighted by atomic mass is 32.2. The predicted molar refractivity (Wildman–Crippen MR) is 76.3 cm³/mol. The van der Waals surface area contributed by atoms with Crippen LogP contribution in [0.3, 0.4) is 0 Å². The Kier molecular flexibility index (Phi) is 6.51. The number of halogens is 4. The largest absolute Gasteiger partial charge is 0.496 e. The molecule has 23 heavy (non-hydrogen) atoms. The molecule has 0 unspecified atom stereocenters. The second-order valence-corrected chi connectivity index (χ2v) is 5.74. The molecule has 0 amide bonds. The van der Waals surface area contributed by atoms with Gasteiger partial charge < -0.3 is 19.7 Å². The summed E-state index contributed by atoms with van der Waals surface area (Å²) in [5.74, 6) is -7.57. The third-order valence-electron chi connectivity index (χ3n) is 2.76. The first kappa shape index (κ1) is 19.8. The van der Waals surface area contributed by atoms with Crippen LogP contribution in [0.1, 0.15) is 5.56 Å². The second-order valence-electron chi connectivity index (χ2n) is 4.72. The van der Waals surface area contributed by atoms with Crippen LogP contribution in [0.2, 0.25) is 0 Å². The second kappa shape index (κ2) is 7.56. The SMILES string of the molecule is COc1cc(SCC(F)(F)C(F)F)c(OC)cc1CC(N)(O)O. The minimum Gasteiger partial charge on any atom is -0.496 e. The number of thioether (sulfide) groups is 1. The third-order valence-corrected chi connectivity index (χ3v) is 3.92. The highest BCUT2D eigenvalue weighted by molar-refractivity contribution is 7.99. The minimum atomic E-state index is -4.15. The fourth-order valence-corrected chi connectivity index (χ4v) is 2.65. The number of hydrogen-bond acceptors (Lipinski definition) is 6. The summed E-state index contributed by atoms with van der Waals surface area (Å²) >= 11 is 0.472. The lowest BCUT2D eigenvalue weighted by molar-refractivity contribution is -0.153. The van der Waals surface area contributed by atoms with Crippen LogP contribution >= 0.6 is 11.8 Å². The van der Waals surface area contributed by atoms with Crippen LogP contribution in [0.25, 0.3) is 0 Å². The summed E-state index contributed by atoms with van der Waals surface area (Å²) in [6.45, 7) is 0. The van der Waals surface area contributed by atoms with Gasteiger partial charge in [-0.15, -0.1) is 11.8 Å². The zero-order valence-electron chi connectivity index (χ0n) is 12.4. The highest BCUT2D eigenvalue weighted by Gasteiger charge is 2.40. The van der Waals surface area contributed by atoms with Gasteiger partial charge in [0, 0.05) is 12.0 Å². The van der Waals surface area contributed by atoms with Gasteiger partial charge in [0.2, 0.25) is 5.91 Å². The Labute approximate surface area is 134 Å². The Balaban J connectivity index is 3.09. The van der Waals surface area contributed by atoms with Gasteiger partial charge in [0.25, 0.3) is 0 Å². The van der Waals surface area contributed by atoms with Crippen molar-refractivity contribution in [2.24, 2.45) is 5.73 Å². The first-order valence-corrected chi connectivity index (χ1v) is 7.26. The van der Waals surface area contributed by atoms with Crippen LogP contribution in [0, 0.1) is 0 Å². The van der Waals surface area contributed by atoms with E-state index < -0.39 is 30.4 Å². The molecule has 132 valence electrons. The lowest BCUT2D eigenvalue weighted by Gasteiger charge is -2.20. The monoisotopic (exact) mass is 359 g/mol. The summed E-state index contributed by atoms with van der Waals surface area (Å²) in [5, 5.41) is 18.5. The molecule has 0 atom stereocenters. The van der Waals surface area contributed by atoms with E-state index in [1.807, 2.05) is 0 Å². The predicted octanol–water partition coefficient (Wildman–Crippen LogP) is 1.84. The van der Waals surface area contributed by atoms with Gasteiger partial charge in [0.05, 0.1) is 24.9 Å². The zero-order chi connectivity index (χ0) is 17.8. The van der Waals surface area contributed by atoms with Gasteiger partial charge in [-0.25, -0.2) is 8.78 Å². The number of aliphatic hydroxyl groups is 2. The number of nitrogens with two attached hydrogens (primary N) is 1. The number of methoxy groups -OCH3 is 2. The molecule has 1 rings (SSSR count). The van der Waals surface area contributed by atoms with Crippen LogP contribution in [0.5, 0.6) is 11.5 Å². The normalized spacial score (nSPS) is 12.6. The maximum absolute atomic E-state index is 13.0. The van der Waals surface area contributed by atoms with E-state index in [0.717, 1.165) is 0 Å². The van der Waals surface area contributed by atoms with Crippen molar-refractivity contribution in [1.29, 1.82) is 0 Å². The molecule has 4 N–H and O–H groups in total. The third kappa shape index (κ3) is 5.72. The van der Waals surface area contributed by atoms with E-state index in [2.05, 4.69) is 0 Å². The molecule has 1 aromatic rings. The van der Waals surface area contributed by atoms with Crippen molar-refractivity contribution in [2.45, 2.75) is 29.6 Å². The van der Waals surface area contributed by atoms with Crippen LogP contribution in [-0.2, 0) is 6.42 Å². The number of alkyl halides is 4. The smallest absolute Gasteiger partial charge is 0.316 e. The van der Waals surface area contributed by atoms with Gasteiger partial charge in [-0.2, -0.15) is 8.78 Å². The molecule has 0 saturated heterocycles. The molecule has 0 aromatic heterocycles. The highest BCUT2D eigenvalue weighted by Crippen LogP contribution is 2.39. The molecule has 0 aliphatic carbocycles. The van der Waals surface area contributed by atoms with Crippen molar-refractivity contribution >= 4 is 11.8 Å². The van der Waals surface area contributed by atoms with E-state index in [9.17, 15) is 27.8 Å². The number of hydrogen-bond donors (Lipinski definition) is 3. The summed E-state index contributed by atoms with van der Waals surface area (Å²) in [6.07, 6.45) is -4.19. The van der Waals surface area contributed by atoms with Gasteiger partial charge in [-0.05, 0) is 12.1 Å². The van der Waals surface area contributed by atoms with Crippen molar-refractivity contribution in [3.63, 3.8) is 0 Å². The van der Waals surface area contributed by atoms with Gasteiger partial charge in [0.1, 0.15) is 11.5 Å². The molecule has 0 bridgehead atoms. The van der Waals surface area contributed by atoms with Gasteiger partial charge in [-0.1, -0.05) is 0 Å². The van der Waals surface area contributed by atoms with Gasteiger partial charge in [-0.3, -0.25) is 5.73 Å². The first-order valence-electron chi connectivity index (χ1n) is 6.27. The number of rotatable bonds is 8. The first-order chi connectivity index (χ1) is 10.5. The van der Waals surface area contributed by atoms with Crippen molar-refractivity contribution < 1.29 is 37.2 Å². The van der Waals surface area contributed by atoms with E-state index in [0.29, 0.717) is 11.8 Å². The lowest BCUT2D eigenvalue weighted by Crippen LogP contribution is -2.41. The molecule has 0 aliphatic rings. The average Bonchev–Trinajstić information content (AvgIpc) is 2.43. The maximum atomic E-state index is 13.0. The molecule has 5 nitrogen and oxygen atoms in total. The molecule has 1 aromatic carbocycles. The van der Waals surface area contributed by atoms with E-state index >= 15 is 0 Å². The summed E-state index contributed by atoms with van der Waals surface area (Å²) in [4.78, 5) is 0.145. The minimum absolute atomic E-state index is 0.0973. The molecule has 0 fully saturated rings. The zero-order valence-corrected chi connectivity index (χ0v) is 13.2. The van der Waals surface area contributed by atoms with Gasteiger partial charge in [0.15, 0.2) is 0 Å². The topological polar surface area (TPSA) is 84.9 Å². The van der Waals surface area contributed by atoms with E-state index in [1.165, 1.54) is 26.4 Å². The van der Waals surface area contributed by atoms with Crippen LogP contribution in [-0.4, -0.2) is 48.4 Å². The van der Waals surface area contributed by atoms with Crippen LogP contribution in [0.15, 0.2) is 17.0 Å². The Bertz CT molecular complexity index is 537. The van der Waals surface area contributed by atoms with Gasteiger partial charge >= 0.3 is 12.3 Å². The van der Waals surface area contributed by atoms with Crippen LogP contribution < -0.4 is 15.2 Å². The summed E-state index contributed by atoms with van der Waals surface area (Å²) in [6, 6.07) is 2.60. The quantitative estimate of drug-likeness (QED) is 0.373. The molecular weight excluding hydrogens is 342 g/mol. The standard InChI is InChI=1S/C13H17F4NO4S/c1-21-8-4-10(23-6-12(16,17)11(14)15)9(22-2)3-7(8)5-13(18,19)20/h3-4,11,19-20H,5-6,18H2,1-2H3. The molecule has 0 heterocycles. The lowest BCUT2D eigenvalue weighted by atomic mass is 10.1. The fraction of sp³-hybridized carbons (Fsp3) is 0.538. The van der Waals surface area contributed by atoms with Crippen molar-refractivity contribution in [1.82, 2.24) is 0 Å². The Morgan fingerprint density at radius 1 is 1.17 bits per heavy atom. The van der Waals surface area contributed by atoms with E-state index in [-0.39, 0.29) is 22.0 Å². The molecular formula is C13H17F4NO4S. The van der Waals surface area contributed by atoms with Crippen molar-refractivity contribution in [2.75, 3.05) is 20.0 Å². The number of benzene rings is 1. The maximum Gasteiger partial charge on any atom is 0.316 e. The fourth-order valence-electron chi connectivity index (χ4n) is 1.70. The molecule has 0 aliphatic heterocycles.